The fourth-order valence-electron chi connectivity index (χ4n) is 2.86. The molecular weight excluding hydrogens is 178 g/mol. The van der Waals surface area contributed by atoms with Gasteiger partial charge in [0.1, 0.15) is 0 Å². The molecule has 1 unspecified atom stereocenters. The maximum absolute atomic E-state index is 5.02. The second-order valence-corrected chi connectivity index (χ2v) is 4.52. The highest BCUT2D eigenvalue weighted by molar-refractivity contribution is 5.03. The fourth-order valence-corrected chi connectivity index (χ4v) is 2.86. The van der Waals surface area contributed by atoms with Crippen LogP contribution in [0.2, 0.25) is 0 Å². The highest BCUT2D eigenvalue weighted by Crippen LogP contribution is 2.42. The van der Waals surface area contributed by atoms with Crippen LogP contribution in [-0.2, 0) is 0 Å². The van der Waals surface area contributed by atoms with Crippen molar-refractivity contribution in [3.8, 4) is 0 Å². The molecule has 1 aromatic heterocycles. The Morgan fingerprint density at radius 3 is 2.57 bits per heavy atom. The summed E-state index contributed by atoms with van der Waals surface area (Å²) in [5.41, 5.74) is 0. The molecule has 4 nitrogen and oxygen atoms in total. The Kier molecular flexibility index (Phi) is 1.83. The van der Waals surface area contributed by atoms with Crippen molar-refractivity contribution >= 4 is 0 Å². The number of fused-ring (bicyclic) bond motifs is 1. The summed E-state index contributed by atoms with van der Waals surface area (Å²) in [5, 5.41) is 7.46. The smallest absolute Gasteiger partial charge is 0.223 e. The van der Waals surface area contributed by atoms with Crippen molar-refractivity contribution in [2.24, 2.45) is 11.8 Å². The largest absolute Gasteiger partial charge is 0.340 e. The van der Waals surface area contributed by atoms with Crippen LogP contribution < -0.4 is 5.32 Å². The highest BCUT2D eigenvalue weighted by atomic mass is 16.5. The zero-order valence-corrected chi connectivity index (χ0v) is 8.36. The molecule has 1 aliphatic heterocycles. The molecule has 1 aromatic rings. The summed E-state index contributed by atoms with van der Waals surface area (Å²) in [6.45, 7) is 4.21. The first-order valence-corrected chi connectivity index (χ1v) is 5.34. The molecule has 1 saturated heterocycles. The monoisotopic (exact) mass is 193 g/mol. The zero-order chi connectivity index (χ0) is 9.54. The molecule has 3 rings (SSSR count). The van der Waals surface area contributed by atoms with E-state index in [2.05, 4.69) is 15.5 Å². The first-order valence-electron chi connectivity index (χ1n) is 5.34. The normalized spacial score (nSPS) is 36.2. The second kappa shape index (κ2) is 3.05. The first-order chi connectivity index (χ1) is 6.83. The van der Waals surface area contributed by atoms with E-state index >= 15 is 0 Å². The standard InChI is InChI=1S/C10H15N3O/c1-6-12-10(13-14-6)7-2-8-4-11-5-9(8)3-7/h7-9,11H,2-5H2,1H3/t7?,8-,9+. The van der Waals surface area contributed by atoms with Gasteiger partial charge in [0.05, 0.1) is 0 Å². The van der Waals surface area contributed by atoms with E-state index in [9.17, 15) is 0 Å². The molecule has 0 aromatic carbocycles. The number of hydrogen-bond donors (Lipinski definition) is 1. The number of aromatic nitrogens is 2. The van der Waals surface area contributed by atoms with Crippen molar-refractivity contribution in [1.82, 2.24) is 15.5 Å². The van der Waals surface area contributed by atoms with Gasteiger partial charge in [-0.05, 0) is 37.8 Å². The minimum absolute atomic E-state index is 0.546. The lowest BCUT2D eigenvalue weighted by Crippen LogP contribution is -2.11. The predicted molar refractivity (Wildman–Crippen MR) is 50.9 cm³/mol. The zero-order valence-electron chi connectivity index (χ0n) is 8.36. The van der Waals surface area contributed by atoms with E-state index in [1.54, 1.807) is 0 Å². The summed E-state index contributed by atoms with van der Waals surface area (Å²) >= 11 is 0. The number of aryl methyl sites for hydroxylation is 1. The number of rotatable bonds is 1. The number of nitrogens with one attached hydrogen (secondary N) is 1. The van der Waals surface area contributed by atoms with Gasteiger partial charge in [0.25, 0.3) is 0 Å². The van der Waals surface area contributed by atoms with E-state index < -0.39 is 0 Å². The molecule has 2 aliphatic rings. The minimum atomic E-state index is 0.546. The third-order valence-electron chi connectivity index (χ3n) is 3.56. The van der Waals surface area contributed by atoms with Gasteiger partial charge in [-0.25, -0.2) is 0 Å². The van der Waals surface area contributed by atoms with Gasteiger partial charge >= 0.3 is 0 Å². The Balaban J connectivity index is 1.76. The van der Waals surface area contributed by atoms with Crippen molar-refractivity contribution in [1.29, 1.82) is 0 Å². The molecule has 4 heteroatoms. The number of nitrogens with zero attached hydrogens (tertiary/aromatic N) is 2. The molecule has 76 valence electrons. The fraction of sp³-hybridized carbons (Fsp3) is 0.800. The molecule has 0 radical (unpaired) electrons. The Morgan fingerprint density at radius 2 is 2.00 bits per heavy atom. The lowest BCUT2D eigenvalue weighted by atomic mass is 10.0. The first kappa shape index (κ1) is 8.41. The van der Waals surface area contributed by atoms with Gasteiger partial charge < -0.3 is 9.84 Å². The Morgan fingerprint density at radius 1 is 1.29 bits per heavy atom. The molecule has 2 fully saturated rings. The summed E-state index contributed by atoms with van der Waals surface area (Å²) in [6.07, 6.45) is 2.47. The lowest BCUT2D eigenvalue weighted by Gasteiger charge is -2.04. The van der Waals surface area contributed by atoms with Crippen molar-refractivity contribution in [2.75, 3.05) is 13.1 Å². The molecule has 1 aliphatic carbocycles. The van der Waals surface area contributed by atoms with Gasteiger partial charge in [-0.2, -0.15) is 4.98 Å². The van der Waals surface area contributed by atoms with Crippen LogP contribution in [0.25, 0.3) is 0 Å². The van der Waals surface area contributed by atoms with E-state index in [-0.39, 0.29) is 0 Å². The van der Waals surface area contributed by atoms with Crippen LogP contribution in [-0.4, -0.2) is 23.2 Å². The average Bonchev–Trinajstić information content (AvgIpc) is 2.75. The molecular formula is C10H15N3O. The van der Waals surface area contributed by atoms with Gasteiger partial charge in [-0.15, -0.1) is 0 Å². The maximum atomic E-state index is 5.02. The summed E-state index contributed by atoms with van der Waals surface area (Å²) in [6, 6.07) is 0. The van der Waals surface area contributed by atoms with Crippen LogP contribution in [0.5, 0.6) is 0 Å². The summed E-state index contributed by atoms with van der Waals surface area (Å²) in [4.78, 5) is 4.32. The van der Waals surface area contributed by atoms with Gasteiger partial charge in [-0.1, -0.05) is 5.16 Å². The minimum Gasteiger partial charge on any atom is -0.340 e. The maximum Gasteiger partial charge on any atom is 0.223 e. The van der Waals surface area contributed by atoms with Crippen molar-refractivity contribution in [3.05, 3.63) is 11.7 Å². The van der Waals surface area contributed by atoms with Crippen molar-refractivity contribution in [2.45, 2.75) is 25.7 Å². The molecule has 1 N–H and O–H groups in total. The van der Waals surface area contributed by atoms with E-state index in [4.69, 9.17) is 4.52 Å². The Bertz CT molecular complexity index is 324. The Hall–Kier alpha value is -0.900. The molecule has 3 atom stereocenters. The van der Waals surface area contributed by atoms with Gasteiger partial charge in [0.2, 0.25) is 5.89 Å². The Labute approximate surface area is 83.1 Å². The van der Waals surface area contributed by atoms with E-state index in [0.29, 0.717) is 11.8 Å². The third kappa shape index (κ3) is 1.25. The summed E-state index contributed by atoms with van der Waals surface area (Å²) < 4.78 is 5.02. The number of hydrogen-bond acceptors (Lipinski definition) is 4. The van der Waals surface area contributed by atoms with Gasteiger partial charge in [-0.3, -0.25) is 0 Å². The van der Waals surface area contributed by atoms with Gasteiger partial charge in [0, 0.05) is 12.8 Å². The van der Waals surface area contributed by atoms with Crippen molar-refractivity contribution in [3.63, 3.8) is 0 Å². The van der Waals surface area contributed by atoms with Gasteiger partial charge in [0.15, 0.2) is 5.82 Å². The molecule has 0 amide bonds. The quantitative estimate of drug-likeness (QED) is 0.725. The second-order valence-electron chi connectivity index (χ2n) is 4.52. The van der Waals surface area contributed by atoms with Crippen LogP contribution in [0.1, 0.15) is 30.5 Å². The van der Waals surface area contributed by atoms with Crippen LogP contribution in [0.4, 0.5) is 0 Å². The summed E-state index contributed by atoms with van der Waals surface area (Å²) in [5.74, 6) is 3.86. The van der Waals surface area contributed by atoms with Crippen molar-refractivity contribution < 1.29 is 4.52 Å². The van der Waals surface area contributed by atoms with Crippen LogP contribution in [0.15, 0.2) is 4.52 Å². The predicted octanol–water partition coefficient (Wildman–Crippen LogP) is 1.09. The third-order valence-corrected chi connectivity index (χ3v) is 3.56. The SMILES string of the molecule is Cc1nc(C2C[C@H]3CNC[C@H]3C2)no1. The molecule has 1 saturated carbocycles. The van der Waals surface area contributed by atoms with E-state index in [1.807, 2.05) is 6.92 Å². The average molecular weight is 193 g/mol. The summed E-state index contributed by atoms with van der Waals surface area (Å²) in [7, 11) is 0. The van der Waals surface area contributed by atoms with E-state index in [1.165, 1.54) is 25.9 Å². The lowest BCUT2D eigenvalue weighted by molar-refractivity contribution is 0.381. The van der Waals surface area contributed by atoms with E-state index in [0.717, 1.165) is 17.7 Å². The van der Waals surface area contributed by atoms with Crippen LogP contribution >= 0.6 is 0 Å². The van der Waals surface area contributed by atoms with Crippen LogP contribution in [0.3, 0.4) is 0 Å². The van der Waals surface area contributed by atoms with Crippen LogP contribution in [0, 0.1) is 18.8 Å². The molecule has 0 spiro atoms. The highest BCUT2D eigenvalue weighted by Gasteiger charge is 2.39. The molecule has 0 bridgehead atoms. The molecule has 14 heavy (non-hydrogen) atoms. The molecule has 2 heterocycles. The topological polar surface area (TPSA) is 51.0 Å².